The summed E-state index contributed by atoms with van der Waals surface area (Å²) in [7, 11) is 0. The van der Waals surface area contributed by atoms with Crippen molar-refractivity contribution < 1.29 is 38.1 Å². The van der Waals surface area contributed by atoms with Gasteiger partial charge in [0.2, 0.25) is 0 Å². The van der Waals surface area contributed by atoms with Crippen LogP contribution >= 0.6 is 0 Å². The summed E-state index contributed by atoms with van der Waals surface area (Å²) in [6, 6.07) is 9.44. The first-order chi connectivity index (χ1) is 5.29. The molecule has 0 aliphatic heterocycles. The van der Waals surface area contributed by atoms with Crippen molar-refractivity contribution in [1.82, 2.24) is 0 Å². The quantitative estimate of drug-likeness (QED) is 0.640. The van der Waals surface area contributed by atoms with Gasteiger partial charge in [0, 0.05) is 0 Å². The van der Waals surface area contributed by atoms with E-state index in [0.29, 0.717) is 0 Å². The molecule has 0 atom stereocenters. The first-order valence-electron chi connectivity index (χ1n) is 3.12. The van der Waals surface area contributed by atoms with Crippen LogP contribution < -0.4 is 3.07 Å². The van der Waals surface area contributed by atoms with Crippen molar-refractivity contribution in [2.75, 3.05) is 0 Å². The van der Waals surface area contributed by atoms with Crippen molar-refractivity contribution in [2.24, 2.45) is 0 Å². The molecule has 1 rings (SSSR count). The molecule has 1 aromatic carbocycles. The molecule has 0 bridgehead atoms. The van der Waals surface area contributed by atoms with Gasteiger partial charge in [0.05, 0.1) is 0 Å². The molecule has 0 spiro atoms. The van der Waals surface area contributed by atoms with E-state index in [2.05, 4.69) is 2.75 Å². The molecule has 0 unspecified atom stereocenters. The van der Waals surface area contributed by atoms with E-state index in [0.717, 1.165) is 3.07 Å². The van der Waals surface area contributed by atoms with E-state index in [1.807, 2.05) is 30.3 Å². The number of hydrogen-bond acceptors (Lipinski definition) is 2. The van der Waals surface area contributed by atoms with E-state index < -0.39 is 30.1 Å². The van der Waals surface area contributed by atoms with Gasteiger partial charge in [0.1, 0.15) is 0 Å². The van der Waals surface area contributed by atoms with Gasteiger partial charge in [-0.3, -0.25) is 0 Å². The van der Waals surface area contributed by atoms with Crippen molar-refractivity contribution in [3.63, 3.8) is 0 Å². The Morgan fingerprint density at radius 3 is 2.55 bits per heavy atom. The summed E-state index contributed by atoms with van der Waals surface area (Å²) in [5.74, 6) is 0. The molecule has 5 heteroatoms. The Morgan fingerprint density at radius 2 is 2.00 bits per heavy atom. The van der Waals surface area contributed by atoms with Gasteiger partial charge in [-0.15, -0.1) is 0 Å². The number of benzene rings is 1. The van der Waals surface area contributed by atoms with Crippen LogP contribution in [0.1, 0.15) is 0 Å². The van der Waals surface area contributed by atoms with Gasteiger partial charge in [0.15, 0.2) is 0 Å². The van der Waals surface area contributed by atoms with Gasteiger partial charge in [-0.2, -0.15) is 0 Å². The first kappa shape index (κ1) is 8.45. The molecule has 0 radical (unpaired) electrons. The zero-order valence-corrected chi connectivity index (χ0v) is 11.3. The molecule has 11 heavy (non-hydrogen) atoms. The molecule has 0 saturated carbocycles. The number of nitrogens with zero attached hydrogens (tertiary/aromatic N) is 1. The summed E-state index contributed by atoms with van der Waals surface area (Å²) in [5, 5.41) is 7.67. The second-order valence-corrected chi connectivity index (χ2v) is 7.30. The standard InChI is InChI=1S/C6H5.Hg.HNO3/c1-2-4-6-5-3-1;;2-1(3)4/h1-5H;;(H,2,3,4)/q;+1;. The van der Waals surface area contributed by atoms with Crippen LogP contribution in [-0.4, -0.2) is 10.3 Å². The van der Waals surface area contributed by atoms with Crippen LogP contribution in [0, 0.1) is 4.91 Å². The zero-order valence-electron chi connectivity index (χ0n) is 5.80. The molecule has 0 fully saturated rings. The maximum absolute atomic E-state index is 9.92. The fourth-order valence-electron chi connectivity index (χ4n) is 0.704. The summed E-state index contributed by atoms with van der Waals surface area (Å²) in [6.45, 7) is 0. The second kappa shape index (κ2) is 4.28. The normalized spacial score (nSPS) is 8.36. The summed E-state index contributed by atoms with van der Waals surface area (Å²) >= 11 is -1.80. The van der Waals surface area contributed by atoms with Crippen LogP contribution in [0.15, 0.2) is 30.3 Å². The molecule has 0 aromatic heterocycles. The SMILES string of the molecule is O=[N+](O)[O][Hg][c]1ccccc1. The summed E-state index contributed by atoms with van der Waals surface area (Å²) < 4.78 is 5.54. The Hall–Kier alpha value is -0.645. The molecule has 4 nitrogen and oxygen atoms in total. The molecule has 0 aliphatic rings. The van der Waals surface area contributed by atoms with E-state index in [-0.39, 0.29) is 0 Å². The Balaban J connectivity index is 2.45. The van der Waals surface area contributed by atoms with Gasteiger partial charge in [0.25, 0.3) is 0 Å². The van der Waals surface area contributed by atoms with Crippen LogP contribution in [-0.2, 0) is 27.8 Å². The molecular weight excluding hydrogens is 335 g/mol. The van der Waals surface area contributed by atoms with Crippen LogP contribution in [0.4, 0.5) is 0 Å². The average molecular weight is 341 g/mol. The molecule has 0 aliphatic carbocycles. The zero-order chi connectivity index (χ0) is 8.10. The van der Waals surface area contributed by atoms with Gasteiger partial charge in [-0.05, 0) is 0 Å². The van der Waals surface area contributed by atoms with Gasteiger partial charge >= 0.3 is 76.4 Å². The van der Waals surface area contributed by atoms with Crippen LogP contribution in [0.5, 0.6) is 0 Å². The second-order valence-electron chi connectivity index (χ2n) is 2.00. The minimum absolute atomic E-state index is 0.450. The molecule has 0 saturated heterocycles. The predicted octanol–water partition coefficient (Wildman–Crippen LogP) is 0.409. The van der Waals surface area contributed by atoms with E-state index in [9.17, 15) is 4.91 Å². The topological polar surface area (TPSA) is 49.5 Å². The molecular formula is C6H6HgNO3+. The third-order valence-electron chi connectivity index (χ3n) is 1.18. The maximum atomic E-state index is 9.92. The van der Waals surface area contributed by atoms with Crippen LogP contribution in [0.2, 0.25) is 0 Å². The van der Waals surface area contributed by atoms with Crippen molar-refractivity contribution >= 4 is 3.07 Å². The van der Waals surface area contributed by atoms with Gasteiger partial charge in [-0.25, -0.2) is 0 Å². The van der Waals surface area contributed by atoms with Crippen molar-refractivity contribution in [1.29, 1.82) is 0 Å². The molecule has 54 valence electrons. The summed E-state index contributed by atoms with van der Waals surface area (Å²) in [5.41, 5.74) is 0. The Bertz CT molecular complexity index is 239. The Labute approximate surface area is 76.4 Å². The molecule has 1 N–H and O–H groups in total. The number of rotatable bonds is 3. The summed E-state index contributed by atoms with van der Waals surface area (Å²) in [4.78, 5) is 9.92. The first-order valence-corrected chi connectivity index (χ1v) is 8.11. The Kier molecular flexibility index (Phi) is 3.29. The van der Waals surface area contributed by atoms with E-state index in [1.54, 1.807) is 0 Å². The van der Waals surface area contributed by atoms with Crippen LogP contribution in [0.25, 0.3) is 0 Å². The third-order valence-corrected chi connectivity index (χ3v) is 5.67. The minimum atomic E-state index is -1.80. The molecule has 0 amide bonds. The van der Waals surface area contributed by atoms with Gasteiger partial charge < -0.3 is 0 Å². The van der Waals surface area contributed by atoms with Gasteiger partial charge in [-0.1, -0.05) is 0 Å². The number of hydrogen-bond donors (Lipinski definition) is 1. The van der Waals surface area contributed by atoms with E-state index in [4.69, 9.17) is 5.21 Å². The molecule has 1 aromatic rings. The monoisotopic (exact) mass is 342 g/mol. The third kappa shape index (κ3) is 3.32. The summed E-state index contributed by atoms with van der Waals surface area (Å²) in [6.07, 6.45) is 0. The van der Waals surface area contributed by atoms with Crippen molar-refractivity contribution in [2.45, 2.75) is 0 Å². The van der Waals surface area contributed by atoms with Crippen LogP contribution in [0.3, 0.4) is 0 Å². The van der Waals surface area contributed by atoms with E-state index >= 15 is 0 Å². The van der Waals surface area contributed by atoms with Crippen molar-refractivity contribution in [3.05, 3.63) is 35.2 Å². The fourth-order valence-corrected chi connectivity index (χ4v) is 3.52. The predicted molar refractivity (Wildman–Crippen MR) is 32.6 cm³/mol. The Morgan fingerprint density at radius 1 is 1.36 bits per heavy atom. The van der Waals surface area contributed by atoms with Crippen molar-refractivity contribution in [3.8, 4) is 0 Å². The fraction of sp³-hybridized carbons (Fsp3) is 0. The molecule has 0 heterocycles. The van der Waals surface area contributed by atoms with E-state index in [1.165, 1.54) is 0 Å². The average Bonchev–Trinajstić information content (AvgIpc) is 2.03.